The molecule has 1 saturated heterocycles. The van der Waals surface area contributed by atoms with Crippen molar-refractivity contribution in [3.8, 4) is 0 Å². The molecule has 2 N–H and O–H groups in total. The van der Waals surface area contributed by atoms with Gasteiger partial charge < -0.3 is 5.73 Å². The Morgan fingerprint density at radius 3 is 2.47 bits per heavy atom. The van der Waals surface area contributed by atoms with Gasteiger partial charge >= 0.3 is 0 Å². The number of nitrogens with two attached hydrogens (primary N) is 1. The molecule has 2 unspecified atom stereocenters. The van der Waals surface area contributed by atoms with Crippen LogP contribution in [0.25, 0.3) is 0 Å². The molecule has 1 rings (SSSR count). The molecule has 0 bridgehead atoms. The van der Waals surface area contributed by atoms with Crippen LogP contribution in [0.15, 0.2) is 0 Å². The van der Waals surface area contributed by atoms with E-state index in [0.717, 1.165) is 24.9 Å². The molecule has 15 heavy (non-hydrogen) atoms. The van der Waals surface area contributed by atoms with Crippen molar-refractivity contribution in [3.05, 3.63) is 0 Å². The molecule has 0 aromatic carbocycles. The third-order valence-corrected chi connectivity index (χ3v) is 4.05. The van der Waals surface area contributed by atoms with Gasteiger partial charge in [0.1, 0.15) is 0 Å². The topological polar surface area (TPSA) is 29.3 Å². The molecule has 0 saturated carbocycles. The molecule has 0 aromatic rings. The summed E-state index contributed by atoms with van der Waals surface area (Å²) in [5, 5.41) is 0. The average molecular weight is 228 g/mol. The lowest BCUT2D eigenvalue weighted by molar-refractivity contribution is 0.254. The van der Waals surface area contributed by atoms with E-state index in [2.05, 4.69) is 25.7 Å². The van der Waals surface area contributed by atoms with Crippen molar-refractivity contribution < 1.29 is 0 Å². The molecule has 2 atom stereocenters. The Kier molecular flexibility index (Phi) is 5.00. The van der Waals surface area contributed by atoms with Gasteiger partial charge in [0.2, 0.25) is 0 Å². The highest BCUT2D eigenvalue weighted by atomic mass is 32.1. The standard InChI is InChI=1S/C12H24N2S/c1-9(2)11-5-4-7-14(8-6-11)10(3)12(13)15/h9-11H,4-8H2,1-3H3,(H2,13,15). The third kappa shape index (κ3) is 3.72. The Hall–Kier alpha value is -0.150. The summed E-state index contributed by atoms with van der Waals surface area (Å²) in [4.78, 5) is 3.07. The van der Waals surface area contributed by atoms with E-state index in [-0.39, 0.29) is 6.04 Å². The Labute approximate surface area is 99.2 Å². The molecule has 1 aliphatic rings. The van der Waals surface area contributed by atoms with Crippen LogP contribution in [-0.2, 0) is 0 Å². The van der Waals surface area contributed by atoms with Crippen LogP contribution in [0.3, 0.4) is 0 Å². The SMILES string of the molecule is CC(C)C1CCCN(C(C)C(N)=S)CC1. The molecular weight excluding hydrogens is 204 g/mol. The van der Waals surface area contributed by atoms with E-state index in [9.17, 15) is 0 Å². The summed E-state index contributed by atoms with van der Waals surface area (Å²) in [6.45, 7) is 9.09. The first-order valence-corrected chi connectivity index (χ1v) is 6.46. The molecule has 1 aliphatic heterocycles. The fourth-order valence-electron chi connectivity index (χ4n) is 2.38. The zero-order valence-corrected chi connectivity index (χ0v) is 11.0. The predicted octanol–water partition coefficient (Wildman–Crippen LogP) is 2.42. The van der Waals surface area contributed by atoms with Crippen molar-refractivity contribution >= 4 is 17.2 Å². The van der Waals surface area contributed by atoms with Crippen molar-refractivity contribution in [2.24, 2.45) is 17.6 Å². The van der Waals surface area contributed by atoms with Gasteiger partial charge in [0.15, 0.2) is 0 Å². The smallest absolute Gasteiger partial charge is 0.0899 e. The lowest BCUT2D eigenvalue weighted by Crippen LogP contribution is -2.42. The van der Waals surface area contributed by atoms with Crippen molar-refractivity contribution in [3.63, 3.8) is 0 Å². The van der Waals surface area contributed by atoms with Gasteiger partial charge in [0.25, 0.3) is 0 Å². The van der Waals surface area contributed by atoms with Crippen LogP contribution in [-0.4, -0.2) is 29.0 Å². The zero-order chi connectivity index (χ0) is 11.4. The molecule has 0 spiro atoms. The van der Waals surface area contributed by atoms with E-state index in [1.54, 1.807) is 0 Å². The maximum Gasteiger partial charge on any atom is 0.0899 e. The average Bonchev–Trinajstić information content (AvgIpc) is 2.41. The Morgan fingerprint density at radius 2 is 1.93 bits per heavy atom. The fourth-order valence-corrected chi connectivity index (χ4v) is 2.53. The second kappa shape index (κ2) is 5.80. The highest BCUT2D eigenvalue weighted by Gasteiger charge is 2.23. The molecule has 3 heteroatoms. The van der Waals surface area contributed by atoms with E-state index in [4.69, 9.17) is 18.0 Å². The van der Waals surface area contributed by atoms with Crippen molar-refractivity contribution in [1.82, 2.24) is 4.90 Å². The normalized spacial score (nSPS) is 26.3. The largest absolute Gasteiger partial charge is 0.392 e. The first-order chi connectivity index (χ1) is 7.02. The van der Waals surface area contributed by atoms with Gasteiger partial charge in [0, 0.05) is 0 Å². The monoisotopic (exact) mass is 228 g/mol. The minimum atomic E-state index is 0.269. The number of hydrogen-bond donors (Lipinski definition) is 1. The Bertz CT molecular complexity index is 216. The molecule has 1 fully saturated rings. The van der Waals surface area contributed by atoms with Crippen LogP contribution < -0.4 is 5.73 Å². The fraction of sp³-hybridized carbons (Fsp3) is 0.917. The van der Waals surface area contributed by atoms with E-state index < -0.39 is 0 Å². The van der Waals surface area contributed by atoms with E-state index in [0.29, 0.717) is 4.99 Å². The van der Waals surface area contributed by atoms with Crippen molar-refractivity contribution in [2.75, 3.05) is 13.1 Å². The van der Waals surface area contributed by atoms with Gasteiger partial charge in [0.05, 0.1) is 11.0 Å². The van der Waals surface area contributed by atoms with Crippen LogP contribution in [0.2, 0.25) is 0 Å². The first kappa shape index (κ1) is 12.9. The first-order valence-electron chi connectivity index (χ1n) is 6.05. The minimum Gasteiger partial charge on any atom is -0.392 e. The molecule has 0 radical (unpaired) electrons. The van der Waals surface area contributed by atoms with E-state index in [1.807, 2.05) is 0 Å². The quantitative estimate of drug-likeness (QED) is 0.752. The van der Waals surface area contributed by atoms with Crippen LogP contribution in [0.1, 0.15) is 40.0 Å². The van der Waals surface area contributed by atoms with Crippen molar-refractivity contribution in [1.29, 1.82) is 0 Å². The third-order valence-electron chi connectivity index (χ3n) is 3.71. The summed E-state index contributed by atoms with van der Waals surface area (Å²) in [5.74, 6) is 1.69. The Balaban J connectivity index is 2.49. The van der Waals surface area contributed by atoms with Gasteiger partial charge in [-0.25, -0.2) is 0 Å². The minimum absolute atomic E-state index is 0.269. The van der Waals surface area contributed by atoms with Crippen LogP contribution in [0.4, 0.5) is 0 Å². The second-order valence-corrected chi connectivity index (χ2v) is 5.52. The molecule has 0 amide bonds. The number of hydrogen-bond acceptors (Lipinski definition) is 2. The highest BCUT2D eigenvalue weighted by Crippen LogP contribution is 2.25. The number of rotatable bonds is 3. The Morgan fingerprint density at radius 1 is 1.27 bits per heavy atom. The molecular formula is C12H24N2S. The summed E-state index contributed by atoms with van der Waals surface area (Å²) >= 11 is 5.06. The maximum absolute atomic E-state index is 5.70. The summed E-state index contributed by atoms with van der Waals surface area (Å²) in [7, 11) is 0. The highest BCUT2D eigenvalue weighted by molar-refractivity contribution is 7.80. The molecule has 88 valence electrons. The van der Waals surface area contributed by atoms with E-state index in [1.165, 1.54) is 19.3 Å². The zero-order valence-electron chi connectivity index (χ0n) is 10.2. The van der Waals surface area contributed by atoms with Gasteiger partial charge in [-0.2, -0.15) is 0 Å². The summed E-state index contributed by atoms with van der Waals surface area (Å²) < 4.78 is 0. The molecule has 0 aliphatic carbocycles. The molecule has 2 nitrogen and oxygen atoms in total. The number of likely N-dealkylation sites (tertiary alicyclic amines) is 1. The summed E-state index contributed by atoms with van der Waals surface area (Å²) in [5.41, 5.74) is 5.70. The number of nitrogens with zero attached hydrogens (tertiary/aromatic N) is 1. The second-order valence-electron chi connectivity index (χ2n) is 5.05. The van der Waals surface area contributed by atoms with E-state index >= 15 is 0 Å². The van der Waals surface area contributed by atoms with Gasteiger partial charge in [-0.1, -0.05) is 26.1 Å². The van der Waals surface area contributed by atoms with Crippen molar-refractivity contribution in [2.45, 2.75) is 46.1 Å². The summed E-state index contributed by atoms with van der Waals surface area (Å²) in [6, 6.07) is 0.269. The van der Waals surface area contributed by atoms with Gasteiger partial charge in [-0.3, -0.25) is 4.90 Å². The maximum atomic E-state index is 5.70. The van der Waals surface area contributed by atoms with Crippen LogP contribution >= 0.6 is 12.2 Å². The van der Waals surface area contributed by atoms with Crippen LogP contribution in [0.5, 0.6) is 0 Å². The predicted molar refractivity (Wildman–Crippen MR) is 70.0 cm³/mol. The van der Waals surface area contributed by atoms with Gasteiger partial charge in [-0.05, 0) is 51.1 Å². The molecule has 1 heterocycles. The van der Waals surface area contributed by atoms with Gasteiger partial charge in [-0.15, -0.1) is 0 Å². The van der Waals surface area contributed by atoms with Crippen LogP contribution in [0, 0.1) is 11.8 Å². The lowest BCUT2D eigenvalue weighted by atomic mass is 9.89. The summed E-state index contributed by atoms with van der Waals surface area (Å²) in [6.07, 6.45) is 3.94. The molecule has 0 aromatic heterocycles. The lowest BCUT2D eigenvalue weighted by Gasteiger charge is -2.26. The number of thiocarbonyl (C=S) groups is 1.